The number of allylic oxidation sites excluding steroid dienone is 1. The monoisotopic (exact) mass is 264 g/mol. The Balaban J connectivity index is 2.49. The number of Topliss-reactive ketones (excluding diaryl/α,β-unsaturated/α-hetero) is 1. The topological polar surface area (TPSA) is 67.5 Å². The number of carboxylic acids is 1. The van der Waals surface area contributed by atoms with Crippen LogP contribution in [-0.2, 0) is 4.79 Å². The molecular formula is C15H20O4. The molecule has 1 aromatic heterocycles. The SMILES string of the molecule is C/C(=C\CC(C)(C)CCC(=O)c1ccoc1)C(=O)O. The van der Waals surface area contributed by atoms with E-state index in [9.17, 15) is 9.59 Å². The minimum Gasteiger partial charge on any atom is -0.478 e. The normalized spacial score (nSPS) is 12.5. The number of furan rings is 1. The first kappa shape index (κ1) is 15.2. The van der Waals surface area contributed by atoms with E-state index in [2.05, 4.69) is 0 Å². The predicted molar refractivity (Wildman–Crippen MR) is 72.1 cm³/mol. The Kier molecular flexibility index (Phi) is 5.10. The lowest BCUT2D eigenvalue weighted by Gasteiger charge is -2.22. The Morgan fingerprint density at radius 2 is 2.11 bits per heavy atom. The molecule has 1 N–H and O–H groups in total. The summed E-state index contributed by atoms with van der Waals surface area (Å²) in [5.74, 6) is -0.842. The van der Waals surface area contributed by atoms with Crippen LogP contribution in [0.2, 0.25) is 0 Å². The Hall–Kier alpha value is -1.84. The van der Waals surface area contributed by atoms with Crippen molar-refractivity contribution in [2.45, 2.75) is 40.0 Å². The molecule has 104 valence electrons. The summed E-state index contributed by atoms with van der Waals surface area (Å²) in [5.41, 5.74) is 0.832. The van der Waals surface area contributed by atoms with Crippen LogP contribution in [0.25, 0.3) is 0 Å². The molecule has 0 atom stereocenters. The zero-order valence-electron chi connectivity index (χ0n) is 11.6. The second-order valence-corrected chi connectivity index (χ2v) is 5.50. The largest absolute Gasteiger partial charge is 0.478 e. The molecule has 1 heterocycles. The van der Waals surface area contributed by atoms with E-state index in [1.165, 1.54) is 12.5 Å². The number of ketones is 1. The molecule has 0 saturated heterocycles. The van der Waals surface area contributed by atoms with E-state index in [-0.39, 0.29) is 11.2 Å². The number of hydrogen-bond donors (Lipinski definition) is 1. The zero-order chi connectivity index (χ0) is 14.5. The van der Waals surface area contributed by atoms with Crippen molar-refractivity contribution in [3.63, 3.8) is 0 Å². The summed E-state index contributed by atoms with van der Waals surface area (Å²) >= 11 is 0. The lowest BCUT2D eigenvalue weighted by Crippen LogP contribution is -2.13. The van der Waals surface area contributed by atoms with Crippen molar-refractivity contribution in [1.82, 2.24) is 0 Å². The smallest absolute Gasteiger partial charge is 0.330 e. The molecule has 0 amide bonds. The Morgan fingerprint density at radius 3 is 2.63 bits per heavy atom. The average molecular weight is 264 g/mol. The molecule has 0 aliphatic carbocycles. The third-order valence-corrected chi connectivity index (χ3v) is 3.17. The molecule has 0 radical (unpaired) electrons. The van der Waals surface area contributed by atoms with Crippen molar-refractivity contribution < 1.29 is 19.1 Å². The van der Waals surface area contributed by atoms with Gasteiger partial charge in [-0.25, -0.2) is 4.79 Å². The van der Waals surface area contributed by atoms with Gasteiger partial charge in [0.05, 0.1) is 11.8 Å². The third-order valence-electron chi connectivity index (χ3n) is 3.17. The minimum atomic E-state index is -0.898. The molecule has 0 unspecified atom stereocenters. The molecular weight excluding hydrogens is 244 g/mol. The first-order valence-electron chi connectivity index (χ1n) is 6.27. The van der Waals surface area contributed by atoms with Gasteiger partial charge in [-0.3, -0.25) is 4.79 Å². The van der Waals surface area contributed by atoms with Crippen molar-refractivity contribution >= 4 is 11.8 Å². The molecule has 1 aromatic rings. The summed E-state index contributed by atoms with van der Waals surface area (Å²) in [6, 6.07) is 1.66. The van der Waals surface area contributed by atoms with Crippen molar-refractivity contribution in [3.8, 4) is 0 Å². The van der Waals surface area contributed by atoms with Gasteiger partial charge in [-0.05, 0) is 31.2 Å². The second-order valence-electron chi connectivity index (χ2n) is 5.50. The Morgan fingerprint density at radius 1 is 1.42 bits per heavy atom. The van der Waals surface area contributed by atoms with E-state index in [0.29, 0.717) is 30.4 Å². The molecule has 0 fully saturated rings. The fourth-order valence-electron chi connectivity index (χ4n) is 1.64. The van der Waals surface area contributed by atoms with Crippen molar-refractivity contribution in [1.29, 1.82) is 0 Å². The Labute approximate surface area is 113 Å². The maximum absolute atomic E-state index is 11.8. The van der Waals surface area contributed by atoms with Crippen molar-refractivity contribution in [2.24, 2.45) is 5.41 Å². The van der Waals surface area contributed by atoms with Gasteiger partial charge in [-0.2, -0.15) is 0 Å². The Bertz CT molecular complexity index is 466. The van der Waals surface area contributed by atoms with Crippen LogP contribution >= 0.6 is 0 Å². The van der Waals surface area contributed by atoms with Crippen LogP contribution in [0.15, 0.2) is 34.7 Å². The lowest BCUT2D eigenvalue weighted by atomic mass is 9.82. The molecule has 0 aliphatic heterocycles. The highest BCUT2D eigenvalue weighted by atomic mass is 16.4. The van der Waals surface area contributed by atoms with Crippen LogP contribution in [-0.4, -0.2) is 16.9 Å². The van der Waals surface area contributed by atoms with Crippen molar-refractivity contribution in [2.75, 3.05) is 0 Å². The number of hydrogen-bond acceptors (Lipinski definition) is 3. The first-order chi connectivity index (χ1) is 8.82. The minimum absolute atomic E-state index is 0.0563. The summed E-state index contributed by atoms with van der Waals surface area (Å²) in [7, 11) is 0. The molecule has 0 aliphatic rings. The fourth-order valence-corrected chi connectivity index (χ4v) is 1.64. The molecule has 4 heteroatoms. The molecule has 0 saturated carbocycles. The molecule has 4 nitrogen and oxygen atoms in total. The predicted octanol–water partition coefficient (Wildman–Crippen LogP) is 3.69. The molecule has 0 bridgehead atoms. The van der Waals surface area contributed by atoms with Crippen LogP contribution in [0, 0.1) is 5.41 Å². The standard InChI is InChI=1S/C15H20O4/c1-11(14(17)18)4-7-15(2,3)8-5-13(16)12-6-9-19-10-12/h4,6,9-10H,5,7-8H2,1-3H3,(H,17,18)/b11-4+. The lowest BCUT2D eigenvalue weighted by molar-refractivity contribution is -0.132. The van der Waals surface area contributed by atoms with Crippen LogP contribution in [0.4, 0.5) is 0 Å². The second kappa shape index (κ2) is 6.36. The zero-order valence-corrected chi connectivity index (χ0v) is 11.6. The van der Waals surface area contributed by atoms with Gasteiger partial charge in [0.25, 0.3) is 0 Å². The summed E-state index contributed by atoms with van der Waals surface area (Å²) in [5, 5.41) is 8.79. The highest BCUT2D eigenvalue weighted by Crippen LogP contribution is 2.28. The number of carbonyl (C=O) groups excluding carboxylic acids is 1. The van der Waals surface area contributed by atoms with Crippen molar-refractivity contribution in [3.05, 3.63) is 35.8 Å². The molecule has 19 heavy (non-hydrogen) atoms. The van der Waals surface area contributed by atoms with Gasteiger partial charge in [-0.1, -0.05) is 19.9 Å². The average Bonchev–Trinajstić information content (AvgIpc) is 2.87. The highest BCUT2D eigenvalue weighted by molar-refractivity contribution is 5.95. The van der Waals surface area contributed by atoms with Crippen LogP contribution in [0.3, 0.4) is 0 Å². The van der Waals surface area contributed by atoms with E-state index >= 15 is 0 Å². The van der Waals surface area contributed by atoms with E-state index in [4.69, 9.17) is 9.52 Å². The maximum Gasteiger partial charge on any atom is 0.330 e. The van der Waals surface area contributed by atoms with Gasteiger partial charge in [0.15, 0.2) is 5.78 Å². The van der Waals surface area contributed by atoms with Crippen LogP contribution in [0.1, 0.15) is 50.4 Å². The summed E-state index contributed by atoms with van der Waals surface area (Å²) in [4.78, 5) is 22.5. The number of rotatable bonds is 7. The molecule has 1 rings (SSSR count). The molecule has 0 spiro atoms. The van der Waals surface area contributed by atoms with Crippen LogP contribution in [0.5, 0.6) is 0 Å². The van der Waals surface area contributed by atoms with E-state index in [1.54, 1.807) is 19.1 Å². The molecule has 0 aromatic carbocycles. The number of carbonyl (C=O) groups is 2. The highest BCUT2D eigenvalue weighted by Gasteiger charge is 2.19. The summed E-state index contributed by atoms with van der Waals surface area (Å²) in [6.07, 6.45) is 6.43. The van der Waals surface area contributed by atoms with Gasteiger partial charge in [0, 0.05) is 12.0 Å². The van der Waals surface area contributed by atoms with E-state index in [0.717, 1.165) is 0 Å². The third kappa shape index (κ3) is 5.12. The van der Waals surface area contributed by atoms with Gasteiger partial charge in [0.2, 0.25) is 0 Å². The van der Waals surface area contributed by atoms with Gasteiger partial charge >= 0.3 is 5.97 Å². The first-order valence-corrected chi connectivity index (χ1v) is 6.27. The van der Waals surface area contributed by atoms with Crippen LogP contribution < -0.4 is 0 Å². The summed E-state index contributed by atoms with van der Waals surface area (Å²) in [6.45, 7) is 5.64. The van der Waals surface area contributed by atoms with E-state index in [1.807, 2.05) is 13.8 Å². The van der Waals surface area contributed by atoms with Gasteiger partial charge in [0.1, 0.15) is 6.26 Å². The maximum atomic E-state index is 11.8. The number of carboxylic acid groups (broad SMARTS) is 1. The van der Waals surface area contributed by atoms with E-state index < -0.39 is 5.97 Å². The summed E-state index contributed by atoms with van der Waals surface area (Å²) < 4.78 is 4.88. The van der Waals surface area contributed by atoms with Gasteiger partial charge < -0.3 is 9.52 Å². The number of aliphatic carboxylic acids is 1. The van der Waals surface area contributed by atoms with Gasteiger partial charge in [-0.15, -0.1) is 0 Å². The quantitative estimate of drug-likeness (QED) is 0.602. The fraction of sp³-hybridized carbons (Fsp3) is 0.467.